The SMILES string of the molecule is Cc1ccc(CNC(=O)c2ccc(S(=O)(=O)N(C)C)cc2)cc1. The normalized spacial score (nSPS) is 11.5. The van der Waals surface area contributed by atoms with Crippen molar-refractivity contribution in [1.29, 1.82) is 0 Å². The van der Waals surface area contributed by atoms with Crippen LogP contribution in [0.4, 0.5) is 0 Å². The van der Waals surface area contributed by atoms with Gasteiger partial charge in [0.25, 0.3) is 5.91 Å². The second-order valence-corrected chi connectivity index (χ2v) is 7.63. The fourth-order valence-corrected chi connectivity index (χ4v) is 2.88. The van der Waals surface area contributed by atoms with E-state index in [4.69, 9.17) is 0 Å². The second kappa shape index (κ2) is 6.93. The van der Waals surface area contributed by atoms with Crippen LogP contribution in [0.25, 0.3) is 0 Å². The number of rotatable bonds is 5. The van der Waals surface area contributed by atoms with E-state index in [0.29, 0.717) is 12.1 Å². The predicted molar refractivity (Wildman–Crippen MR) is 89.7 cm³/mol. The first-order chi connectivity index (χ1) is 10.8. The maximum atomic E-state index is 12.1. The predicted octanol–water partition coefficient (Wildman–Crippen LogP) is 2.18. The van der Waals surface area contributed by atoms with Gasteiger partial charge in [0.1, 0.15) is 0 Å². The lowest BCUT2D eigenvalue weighted by atomic mass is 10.1. The largest absolute Gasteiger partial charge is 0.348 e. The standard InChI is InChI=1S/C17H20N2O3S/c1-13-4-6-14(7-5-13)12-18-17(20)15-8-10-16(11-9-15)23(21,22)19(2)3/h4-11H,12H2,1-3H3,(H,18,20). The number of hydrogen-bond acceptors (Lipinski definition) is 3. The van der Waals surface area contributed by atoms with Crippen molar-refractivity contribution < 1.29 is 13.2 Å². The Balaban J connectivity index is 2.04. The zero-order valence-electron chi connectivity index (χ0n) is 13.4. The number of benzene rings is 2. The number of aryl methyl sites for hydroxylation is 1. The van der Waals surface area contributed by atoms with Gasteiger partial charge in [0.15, 0.2) is 0 Å². The molecule has 0 unspecified atom stereocenters. The average Bonchev–Trinajstić information content (AvgIpc) is 2.54. The van der Waals surface area contributed by atoms with Gasteiger partial charge in [0.2, 0.25) is 10.0 Å². The Labute approximate surface area is 137 Å². The summed E-state index contributed by atoms with van der Waals surface area (Å²) in [6, 6.07) is 13.8. The number of sulfonamides is 1. The molecular formula is C17H20N2O3S. The van der Waals surface area contributed by atoms with Crippen molar-refractivity contribution in [2.24, 2.45) is 0 Å². The Hall–Kier alpha value is -2.18. The minimum Gasteiger partial charge on any atom is -0.348 e. The van der Waals surface area contributed by atoms with Crippen LogP contribution >= 0.6 is 0 Å². The van der Waals surface area contributed by atoms with Crippen molar-refractivity contribution in [1.82, 2.24) is 9.62 Å². The zero-order chi connectivity index (χ0) is 17.0. The second-order valence-electron chi connectivity index (χ2n) is 5.48. The minimum atomic E-state index is -3.48. The van der Waals surface area contributed by atoms with Crippen LogP contribution in [0.5, 0.6) is 0 Å². The third-order valence-electron chi connectivity index (χ3n) is 3.47. The lowest BCUT2D eigenvalue weighted by molar-refractivity contribution is 0.0951. The van der Waals surface area contributed by atoms with Crippen LogP contribution in [0.1, 0.15) is 21.5 Å². The Kier molecular flexibility index (Phi) is 5.18. The van der Waals surface area contributed by atoms with Crippen molar-refractivity contribution in [3.8, 4) is 0 Å². The first-order valence-electron chi connectivity index (χ1n) is 7.17. The van der Waals surface area contributed by atoms with Gasteiger partial charge in [-0.3, -0.25) is 4.79 Å². The summed E-state index contributed by atoms with van der Waals surface area (Å²) in [5, 5.41) is 2.82. The Morgan fingerprint density at radius 2 is 1.57 bits per heavy atom. The van der Waals surface area contributed by atoms with Gasteiger partial charge in [-0.2, -0.15) is 0 Å². The zero-order valence-corrected chi connectivity index (χ0v) is 14.2. The van der Waals surface area contributed by atoms with Gasteiger partial charge in [0, 0.05) is 26.2 Å². The number of amides is 1. The molecule has 0 atom stereocenters. The molecule has 2 rings (SSSR count). The highest BCUT2D eigenvalue weighted by molar-refractivity contribution is 7.89. The van der Waals surface area contributed by atoms with E-state index in [0.717, 1.165) is 15.4 Å². The van der Waals surface area contributed by atoms with Crippen LogP contribution in [0.2, 0.25) is 0 Å². The number of hydrogen-bond donors (Lipinski definition) is 1. The van der Waals surface area contributed by atoms with E-state index in [1.807, 2.05) is 31.2 Å². The first-order valence-corrected chi connectivity index (χ1v) is 8.61. The number of nitrogens with one attached hydrogen (secondary N) is 1. The van der Waals surface area contributed by atoms with Crippen LogP contribution < -0.4 is 5.32 Å². The van der Waals surface area contributed by atoms with Gasteiger partial charge >= 0.3 is 0 Å². The van der Waals surface area contributed by atoms with Crippen LogP contribution in [-0.2, 0) is 16.6 Å². The van der Waals surface area contributed by atoms with E-state index in [2.05, 4.69) is 5.32 Å². The third kappa shape index (κ3) is 4.18. The Morgan fingerprint density at radius 1 is 1.00 bits per heavy atom. The summed E-state index contributed by atoms with van der Waals surface area (Å²) in [5.41, 5.74) is 2.60. The lowest BCUT2D eigenvalue weighted by Gasteiger charge is -2.11. The summed E-state index contributed by atoms with van der Waals surface area (Å²) in [6.45, 7) is 2.43. The fourth-order valence-electron chi connectivity index (χ4n) is 1.98. The van der Waals surface area contributed by atoms with E-state index in [1.165, 1.54) is 38.4 Å². The highest BCUT2D eigenvalue weighted by Crippen LogP contribution is 2.14. The van der Waals surface area contributed by atoms with Gasteiger partial charge in [0.05, 0.1) is 4.90 Å². The molecule has 23 heavy (non-hydrogen) atoms. The maximum absolute atomic E-state index is 12.1. The topological polar surface area (TPSA) is 66.5 Å². The molecule has 0 saturated heterocycles. The molecule has 0 aliphatic rings. The van der Waals surface area contributed by atoms with Crippen LogP contribution in [0.3, 0.4) is 0 Å². The monoisotopic (exact) mass is 332 g/mol. The molecule has 1 N–H and O–H groups in total. The minimum absolute atomic E-state index is 0.164. The van der Waals surface area contributed by atoms with Crippen molar-refractivity contribution in [3.05, 3.63) is 65.2 Å². The third-order valence-corrected chi connectivity index (χ3v) is 5.30. The molecule has 0 bridgehead atoms. The molecule has 2 aromatic carbocycles. The van der Waals surface area contributed by atoms with E-state index in [-0.39, 0.29) is 10.8 Å². The maximum Gasteiger partial charge on any atom is 0.251 e. The molecule has 122 valence electrons. The van der Waals surface area contributed by atoms with Gasteiger partial charge in [-0.1, -0.05) is 29.8 Å². The summed E-state index contributed by atoms with van der Waals surface area (Å²) in [5.74, 6) is -0.237. The fraction of sp³-hybridized carbons (Fsp3) is 0.235. The highest BCUT2D eigenvalue weighted by atomic mass is 32.2. The molecule has 0 aliphatic heterocycles. The molecule has 0 saturated carbocycles. The van der Waals surface area contributed by atoms with Crippen molar-refractivity contribution in [2.45, 2.75) is 18.4 Å². The Morgan fingerprint density at radius 3 is 2.09 bits per heavy atom. The summed E-state index contributed by atoms with van der Waals surface area (Å²) < 4.78 is 25.1. The molecule has 0 fully saturated rings. The van der Waals surface area contributed by atoms with E-state index >= 15 is 0 Å². The molecule has 5 nitrogen and oxygen atoms in total. The molecule has 1 amide bonds. The van der Waals surface area contributed by atoms with Gasteiger partial charge < -0.3 is 5.32 Å². The number of carbonyl (C=O) groups excluding carboxylic acids is 1. The molecule has 0 heterocycles. The van der Waals surface area contributed by atoms with Crippen molar-refractivity contribution in [3.63, 3.8) is 0 Å². The van der Waals surface area contributed by atoms with Gasteiger partial charge in [-0.25, -0.2) is 12.7 Å². The summed E-state index contributed by atoms with van der Waals surface area (Å²) >= 11 is 0. The molecule has 0 radical (unpaired) electrons. The summed E-state index contributed by atoms with van der Waals surface area (Å²) in [7, 11) is -0.538. The Bertz CT molecular complexity index is 780. The van der Waals surface area contributed by atoms with E-state index in [1.54, 1.807) is 0 Å². The molecule has 2 aromatic rings. The molecule has 6 heteroatoms. The highest BCUT2D eigenvalue weighted by Gasteiger charge is 2.17. The van der Waals surface area contributed by atoms with Crippen LogP contribution in [0.15, 0.2) is 53.4 Å². The smallest absolute Gasteiger partial charge is 0.251 e. The average molecular weight is 332 g/mol. The van der Waals surface area contributed by atoms with Crippen molar-refractivity contribution >= 4 is 15.9 Å². The lowest BCUT2D eigenvalue weighted by Crippen LogP contribution is -2.24. The summed E-state index contributed by atoms with van der Waals surface area (Å²) in [4.78, 5) is 12.3. The molecule has 0 aromatic heterocycles. The van der Waals surface area contributed by atoms with Gasteiger partial charge in [-0.05, 0) is 36.8 Å². The van der Waals surface area contributed by atoms with Gasteiger partial charge in [-0.15, -0.1) is 0 Å². The van der Waals surface area contributed by atoms with Crippen molar-refractivity contribution in [2.75, 3.05) is 14.1 Å². The van der Waals surface area contributed by atoms with Crippen LogP contribution in [0, 0.1) is 6.92 Å². The number of nitrogens with zero attached hydrogens (tertiary/aromatic N) is 1. The first kappa shape index (κ1) is 17.2. The molecular weight excluding hydrogens is 312 g/mol. The number of carbonyl (C=O) groups is 1. The van der Waals surface area contributed by atoms with Crippen LogP contribution in [-0.4, -0.2) is 32.7 Å². The molecule has 0 spiro atoms. The quantitative estimate of drug-likeness (QED) is 0.912. The van der Waals surface area contributed by atoms with E-state index in [9.17, 15) is 13.2 Å². The summed E-state index contributed by atoms with van der Waals surface area (Å²) in [6.07, 6.45) is 0. The van der Waals surface area contributed by atoms with E-state index < -0.39 is 10.0 Å². The molecule has 0 aliphatic carbocycles.